The second kappa shape index (κ2) is 10.1. The molecule has 0 unspecified atom stereocenters. The van der Waals surface area contributed by atoms with Crippen LogP contribution in [0.1, 0.15) is 10.4 Å². The highest BCUT2D eigenvalue weighted by Gasteiger charge is 2.17. The van der Waals surface area contributed by atoms with Gasteiger partial charge in [0.1, 0.15) is 6.61 Å². The van der Waals surface area contributed by atoms with Crippen molar-refractivity contribution in [1.82, 2.24) is 4.90 Å². The molecule has 0 aliphatic carbocycles. The predicted molar refractivity (Wildman–Crippen MR) is 114 cm³/mol. The second-order valence-electron chi connectivity index (χ2n) is 6.89. The van der Waals surface area contributed by atoms with Crippen LogP contribution in [0.15, 0.2) is 42.5 Å². The van der Waals surface area contributed by atoms with Crippen LogP contribution in [0, 0.1) is 0 Å². The Balaban J connectivity index is 1.65. The van der Waals surface area contributed by atoms with E-state index in [9.17, 15) is 4.79 Å². The number of anilines is 4. The SMILES string of the molecule is Nc1cc(C(=O)OCCO)ccc1Nc1cccc(N2CCN(CCO)CC2)c1. The van der Waals surface area contributed by atoms with Crippen molar-refractivity contribution in [2.75, 3.05) is 68.5 Å². The third-order valence-corrected chi connectivity index (χ3v) is 4.89. The van der Waals surface area contributed by atoms with Crippen LogP contribution in [0.2, 0.25) is 0 Å². The normalized spacial score (nSPS) is 14.6. The Labute approximate surface area is 170 Å². The zero-order valence-electron chi connectivity index (χ0n) is 16.4. The molecule has 2 aromatic rings. The molecule has 1 aliphatic rings. The zero-order valence-corrected chi connectivity index (χ0v) is 16.4. The fraction of sp³-hybridized carbons (Fsp3) is 0.381. The Morgan fingerprint density at radius 3 is 2.55 bits per heavy atom. The Bertz CT molecular complexity index is 822. The number of carbonyl (C=O) groups is 1. The van der Waals surface area contributed by atoms with Crippen LogP contribution in [0.3, 0.4) is 0 Å². The first kappa shape index (κ1) is 20.9. The summed E-state index contributed by atoms with van der Waals surface area (Å²) in [5.74, 6) is -0.514. The number of hydrogen-bond donors (Lipinski definition) is 4. The number of benzene rings is 2. The molecule has 29 heavy (non-hydrogen) atoms. The van der Waals surface area contributed by atoms with E-state index in [0.717, 1.165) is 44.1 Å². The topological polar surface area (TPSA) is 111 Å². The number of carbonyl (C=O) groups excluding carboxylic acids is 1. The van der Waals surface area contributed by atoms with Crippen molar-refractivity contribution in [2.24, 2.45) is 0 Å². The average molecular weight is 400 g/mol. The fourth-order valence-electron chi connectivity index (χ4n) is 3.33. The van der Waals surface area contributed by atoms with Gasteiger partial charge >= 0.3 is 5.97 Å². The van der Waals surface area contributed by atoms with E-state index in [4.69, 9.17) is 20.7 Å². The van der Waals surface area contributed by atoms with Crippen LogP contribution >= 0.6 is 0 Å². The number of aliphatic hydroxyl groups is 2. The molecule has 1 aliphatic heterocycles. The van der Waals surface area contributed by atoms with Crippen molar-refractivity contribution in [2.45, 2.75) is 0 Å². The standard InChI is InChI=1S/C21H28N4O4/c22-19-14-16(21(28)29-13-12-27)4-5-20(19)23-17-2-1-3-18(15-17)25-8-6-24(7-9-25)10-11-26/h1-5,14-15,23,26-27H,6-13,22H2. The predicted octanol–water partition coefficient (Wildman–Crippen LogP) is 1.28. The van der Waals surface area contributed by atoms with E-state index in [-0.39, 0.29) is 19.8 Å². The smallest absolute Gasteiger partial charge is 0.338 e. The van der Waals surface area contributed by atoms with E-state index in [2.05, 4.69) is 27.2 Å². The Hall–Kier alpha value is -2.81. The van der Waals surface area contributed by atoms with Crippen molar-refractivity contribution in [3.63, 3.8) is 0 Å². The molecule has 2 aromatic carbocycles. The number of esters is 1. The monoisotopic (exact) mass is 400 g/mol. The summed E-state index contributed by atoms with van der Waals surface area (Å²) in [6.45, 7) is 4.34. The maximum Gasteiger partial charge on any atom is 0.338 e. The fourth-order valence-corrected chi connectivity index (χ4v) is 3.33. The zero-order chi connectivity index (χ0) is 20.6. The lowest BCUT2D eigenvalue weighted by Gasteiger charge is -2.36. The number of piperazine rings is 1. The van der Waals surface area contributed by atoms with Crippen LogP contribution < -0.4 is 16.0 Å². The Morgan fingerprint density at radius 2 is 1.86 bits per heavy atom. The lowest BCUT2D eigenvalue weighted by atomic mass is 10.1. The number of hydrogen-bond acceptors (Lipinski definition) is 8. The molecule has 3 rings (SSSR count). The largest absolute Gasteiger partial charge is 0.460 e. The van der Waals surface area contributed by atoms with Crippen molar-refractivity contribution in [1.29, 1.82) is 0 Å². The van der Waals surface area contributed by atoms with Gasteiger partial charge in [-0.05, 0) is 36.4 Å². The summed E-state index contributed by atoms with van der Waals surface area (Å²) in [7, 11) is 0. The first-order valence-electron chi connectivity index (χ1n) is 9.73. The van der Waals surface area contributed by atoms with Crippen LogP contribution in [0.25, 0.3) is 0 Å². The summed E-state index contributed by atoms with van der Waals surface area (Å²) < 4.78 is 4.91. The van der Waals surface area contributed by atoms with Crippen molar-refractivity contribution in [3.05, 3.63) is 48.0 Å². The lowest BCUT2D eigenvalue weighted by Crippen LogP contribution is -2.47. The molecule has 0 aromatic heterocycles. The number of nitrogen functional groups attached to an aromatic ring is 1. The third kappa shape index (κ3) is 5.60. The summed E-state index contributed by atoms with van der Waals surface area (Å²) in [6.07, 6.45) is 0. The van der Waals surface area contributed by atoms with Gasteiger partial charge in [0.05, 0.1) is 30.2 Å². The number of nitrogens with two attached hydrogens (primary N) is 1. The van der Waals surface area contributed by atoms with Gasteiger partial charge in [0.25, 0.3) is 0 Å². The molecule has 8 heteroatoms. The molecule has 5 N–H and O–H groups in total. The molecule has 8 nitrogen and oxygen atoms in total. The van der Waals surface area contributed by atoms with Gasteiger partial charge in [-0.3, -0.25) is 4.90 Å². The molecule has 0 atom stereocenters. The quantitative estimate of drug-likeness (QED) is 0.387. The van der Waals surface area contributed by atoms with E-state index in [0.29, 0.717) is 16.9 Å². The summed E-state index contributed by atoms with van der Waals surface area (Å²) >= 11 is 0. The van der Waals surface area contributed by atoms with Crippen LogP contribution in [-0.2, 0) is 4.74 Å². The number of nitrogens with zero attached hydrogens (tertiary/aromatic N) is 2. The van der Waals surface area contributed by atoms with Gasteiger partial charge in [0, 0.05) is 44.1 Å². The molecule has 0 saturated carbocycles. The summed E-state index contributed by atoms with van der Waals surface area (Å²) in [5, 5.41) is 21.1. The maximum atomic E-state index is 11.9. The minimum Gasteiger partial charge on any atom is -0.460 e. The first-order chi connectivity index (χ1) is 14.1. The molecule has 0 amide bonds. The number of rotatable bonds is 8. The van der Waals surface area contributed by atoms with Gasteiger partial charge < -0.3 is 30.9 Å². The molecule has 1 saturated heterocycles. The van der Waals surface area contributed by atoms with Gasteiger partial charge in [0.2, 0.25) is 0 Å². The molecular weight excluding hydrogens is 372 g/mol. The molecule has 1 fully saturated rings. The highest BCUT2D eigenvalue weighted by molar-refractivity contribution is 5.92. The third-order valence-electron chi connectivity index (χ3n) is 4.89. The van der Waals surface area contributed by atoms with Crippen LogP contribution in [0.4, 0.5) is 22.7 Å². The Morgan fingerprint density at radius 1 is 1.07 bits per heavy atom. The molecule has 0 spiro atoms. The van der Waals surface area contributed by atoms with E-state index in [1.54, 1.807) is 18.2 Å². The van der Waals surface area contributed by atoms with Gasteiger partial charge in [-0.15, -0.1) is 0 Å². The average Bonchev–Trinajstić information content (AvgIpc) is 2.74. The van der Waals surface area contributed by atoms with Gasteiger partial charge in [0.15, 0.2) is 0 Å². The summed E-state index contributed by atoms with van der Waals surface area (Å²) in [4.78, 5) is 16.5. The first-order valence-corrected chi connectivity index (χ1v) is 9.73. The van der Waals surface area contributed by atoms with E-state index in [1.165, 1.54) is 0 Å². The molecule has 1 heterocycles. The van der Waals surface area contributed by atoms with Crippen LogP contribution in [-0.4, -0.2) is 73.6 Å². The van der Waals surface area contributed by atoms with E-state index >= 15 is 0 Å². The molecular formula is C21H28N4O4. The van der Waals surface area contributed by atoms with Gasteiger partial charge in [-0.1, -0.05) is 6.07 Å². The van der Waals surface area contributed by atoms with Gasteiger partial charge in [-0.25, -0.2) is 4.79 Å². The highest BCUT2D eigenvalue weighted by Crippen LogP contribution is 2.27. The highest BCUT2D eigenvalue weighted by atomic mass is 16.5. The van der Waals surface area contributed by atoms with Crippen molar-refractivity contribution < 1.29 is 19.7 Å². The van der Waals surface area contributed by atoms with E-state index in [1.807, 2.05) is 12.1 Å². The molecule has 156 valence electrons. The van der Waals surface area contributed by atoms with Crippen LogP contribution in [0.5, 0.6) is 0 Å². The summed E-state index contributed by atoms with van der Waals surface area (Å²) in [5.41, 5.74) is 9.62. The minimum atomic E-state index is -0.514. The van der Waals surface area contributed by atoms with Gasteiger partial charge in [-0.2, -0.15) is 0 Å². The second-order valence-corrected chi connectivity index (χ2v) is 6.89. The van der Waals surface area contributed by atoms with Crippen molar-refractivity contribution in [3.8, 4) is 0 Å². The maximum absolute atomic E-state index is 11.9. The summed E-state index contributed by atoms with van der Waals surface area (Å²) in [6, 6.07) is 13.1. The van der Waals surface area contributed by atoms with Crippen molar-refractivity contribution >= 4 is 28.7 Å². The number of ether oxygens (including phenoxy) is 1. The lowest BCUT2D eigenvalue weighted by molar-refractivity contribution is 0.0434. The number of aliphatic hydroxyl groups excluding tert-OH is 2. The number of nitrogens with one attached hydrogen (secondary N) is 1. The minimum absolute atomic E-state index is 0.0419. The van der Waals surface area contributed by atoms with E-state index < -0.39 is 5.97 Å². The Kier molecular flexibility index (Phi) is 7.29. The molecule has 0 bridgehead atoms. The molecule has 0 radical (unpaired) electrons. The number of β-amino-alcohol motifs (C(OH)–C–C–N with tert-alkyl or cyclic N) is 1.